The van der Waals surface area contributed by atoms with Crippen molar-refractivity contribution < 1.29 is 14.0 Å². The van der Waals surface area contributed by atoms with Gasteiger partial charge in [-0.25, -0.2) is 9.18 Å². The number of benzene rings is 1. The molecule has 1 N–H and O–H groups in total. The number of anilines is 1. The van der Waals surface area contributed by atoms with Crippen LogP contribution in [-0.2, 0) is 11.3 Å². The van der Waals surface area contributed by atoms with Crippen molar-refractivity contribution in [3.8, 4) is 0 Å². The van der Waals surface area contributed by atoms with Crippen LogP contribution in [0.3, 0.4) is 0 Å². The zero-order chi connectivity index (χ0) is 19.7. The fraction of sp³-hybridized carbons (Fsp3) is 0.421. The zero-order valence-electron chi connectivity index (χ0n) is 15.7. The Labute approximate surface area is 162 Å². The second-order valence-electron chi connectivity index (χ2n) is 7.21. The smallest absolute Gasteiger partial charge is 0.322 e. The maximum atomic E-state index is 13.8. The first-order valence-electron chi connectivity index (χ1n) is 9.32. The van der Waals surface area contributed by atoms with Crippen LogP contribution < -0.4 is 5.32 Å². The van der Waals surface area contributed by atoms with E-state index >= 15 is 0 Å². The van der Waals surface area contributed by atoms with Gasteiger partial charge in [0.1, 0.15) is 11.9 Å². The molecule has 3 amide bonds. The standard InChI is InChI=1S/C19H23FN6O2/c1-23-6-7-24-8-9-25(13-17(24)18(23)27)19(28)22-15-10-21-26(12-15)11-14-4-2-3-5-16(14)20/h2-5,10,12,17H,6-9,11,13H2,1H3,(H,22,28)/t17-/m1/s1. The van der Waals surface area contributed by atoms with Crippen LogP contribution in [0.4, 0.5) is 14.9 Å². The molecule has 28 heavy (non-hydrogen) atoms. The van der Waals surface area contributed by atoms with Gasteiger partial charge in [0.05, 0.1) is 18.4 Å². The third kappa shape index (κ3) is 3.70. The van der Waals surface area contributed by atoms with Crippen molar-refractivity contribution >= 4 is 17.6 Å². The number of likely N-dealkylation sites (N-methyl/N-ethyl adjacent to an activating group) is 1. The van der Waals surface area contributed by atoms with E-state index in [1.165, 1.54) is 12.3 Å². The Morgan fingerprint density at radius 1 is 1.25 bits per heavy atom. The van der Waals surface area contributed by atoms with Crippen LogP contribution in [0.1, 0.15) is 5.56 Å². The second-order valence-corrected chi connectivity index (χ2v) is 7.21. The number of carbonyl (C=O) groups excluding carboxylic acids is 2. The van der Waals surface area contributed by atoms with Crippen LogP contribution in [-0.4, -0.2) is 82.2 Å². The third-order valence-corrected chi connectivity index (χ3v) is 5.34. The van der Waals surface area contributed by atoms with Gasteiger partial charge in [-0.1, -0.05) is 18.2 Å². The summed E-state index contributed by atoms with van der Waals surface area (Å²) in [6, 6.07) is 5.99. The first kappa shape index (κ1) is 18.4. The van der Waals surface area contributed by atoms with Gasteiger partial charge in [-0.3, -0.25) is 14.4 Å². The summed E-state index contributed by atoms with van der Waals surface area (Å²) in [6.45, 7) is 3.48. The van der Waals surface area contributed by atoms with E-state index in [1.807, 2.05) is 0 Å². The van der Waals surface area contributed by atoms with E-state index in [-0.39, 0.29) is 30.3 Å². The third-order valence-electron chi connectivity index (χ3n) is 5.34. The van der Waals surface area contributed by atoms with E-state index in [1.54, 1.807) is 45.9 Å². The summed E-state index contributed by atoms with van der Waals surface area (Å²) in [5, 5.41) is 7.01. The van der Waals surface area contributed by atoms with Gasteiger partial charge >= 0.3 is 6.03 Å². The summed E-state index contributed by atoms with van der Waals surface area (Å²) < 4.78 is 15.4. The molecule has 4 rings (SSSR count). The number of aromatic nitrogens is 2. The van der Waals surface area contributed by atoms with Crippen LogP contribution in [0.5, 0.6) is 0 Å². The lowest BCUT2D eigenvalue weighted by atomic mass is 10.1. The van der Waals surface area contributed by atoms with Gasteiger partial charge in [0.15, 0.2) is 0 Å². The molecule has 2 saturated heterocycles. The molecular weight excluding hydrogens is 363 g/mol. The molecule has 0 spiro atoms. The van der Waals surface area contributed by atoms with Crippen molar-refractivity contribution in [2.45, 2.75) is 12.6 Å². The first-order chi connectivity index (χ1) is 13.5. The summed E-state index contributed by atoms with van der Waals surface area (Å²) in [4.78, 5) is 30.5. The minimum absolute atomic E-state index is 0.0569. The van der Waals surface area contributed by atoms with Crippen molar-refractivity contribution in [1.82, 2.24) is 24.5 Å². The molecule has 148 valence electrons. The number of carbonyl (C=O) groups is 2. The molecule has 2 aliphatic rings. The van der Waals surface area contributed by atoms with E-state index < -0.39 is 0 Å². The van der Waals surface area contributed by atoms with Crippen molar-refractivity contribution in [1.29, 1.82) is 0 Å². The van der Waals surface area contributed by atoms with Crippen molar-refractivity contribution in [2.24, 2.45) is 0 Å². The minimum atomic E-state index is -0.288. The van der Waals surface area contributed by atoms with Gasteiger partial charge in [-0.05, 0) is 6.07 Å². The van der Waals surface area contributed by atoms with E-state index in [2.05, 4.69) is 15.3 Å². The van der Waals surface area contributed by atoms with Crippen LogP contribution >= 0.6 is 0 Å². The number of nitrogens with one attached hydrogen (secondary N) is 1. The number of fused-ring (bicyclic) bond motifs is 1. The maximum Gasteiger partial charge on any atom is 0.322 e. The summed E-state index contributed by atoms with van der Waals surface area (Å²) in [6.07, 6.45) is 3.20. The molecule has 0 aliphatic carbocycles. The van der Waals surface area contributed by atoms with Crippen LogP contribution in [0.25, 0.3) is 0 Å². The zero-order valence-corrected chi connectivity index (χ0v) is 15.7. The quantitative estimate of drug-likeness (QED) is 0.856. The molecule has 1 aromatic heterocycles. The highest BCUT2D eigenvalue weighted by Gasteiger charge is 2.38. The number of halogens is 1. The highest BCUT2D eigenvalue weighted by atomic mass is 19.1. The lowest BCUT2D eigenvalue weighted by Crippen LogP contribution is -2.65. The number of piperazine rings is 2. The molecule has 0 unspecified atom stereocenters. The van der Waals surface area contributed by atoms with Gasteiger partial charge in [-0.2, -0.15) is 5.10 Å². The minimum Gasteiger partial charge on any atom is -0.343 e. The predicted molar refractivity (Wildman–Crippen MR) is 101 cm³/mol. The average molecular weight is 386 g/mol. The Balaban J connectivity index is 1.37. The Bertz CT molecular complexity index is 885. The number of rotatable bonds is 3. The highest BCUT2D eigenvalue weighted by molar-refractivity contribution is 5.90. The lowest BCUT2D eigenvalue weighted by molar-refractivity contribution is -0.142. The molecular formula is C19H23FN6O2. The number of nitrogens with zero attached hydrogens (tertiary/aromatic N) is 5. The van der Waals surface area contributed by atoms with E-state index in [9.17, 15) is 14.0 Å². The molecule has 1 atom stereocenters. The fourth-order valence-corrected chi connectivity index (χ4v) is 3.67. The van der Waals surface area contributed by atoms with Crippen LogP contribution in [0.15, 0.2) is 36.7 Å². The van der Waals surface area contributed by atoms with Crippen LogP contribution in [0.2, 0.25) is 0 Å². The molecule has 9 heteroatoms. The predicted octanol–water partition coefficient (Wildman–Crippen LogP) is 1.06. The molecule has 1 aromatic carbocycles. The van der Waals surface area contributed by atoms with Gasteiger partial charge in [0.25, 0.3) is 0 Å². The molecule has 0 saturated carbocycles. The van der Waals surface area contributed by atoms with E-state index in [0.29, 0.717) is 30.9 Å². The van der Waals surface area contributed by atoms with E-state index in [0.717, 1.165) is 13.1 Å². The van der Waals surface area contributed by atoms with Crippen molar-refractivity contribution in [2.75, 3.05) is 45.1 Å². The Morgan fingerprint density at radius 3 is 2.86 bits per heavy atom. The van der Waals surface area contributed by atoms with Gasteiger partial charge in [0.2, 0.25) is 5.91 Å². The number of amides is 3. The van der Waals surface area contributed by atoms with Crippen LogP contribution in [0, 0.1) is 5.82 Å². The normalized spacial score (nSPS) is 20.2. The van der Waals surface area contributed by atoms with Gasteiger partial charge in [0, 0.05) is 51.5 Å². The number of hydrogen-bond acceptors (Lipinski definition) is 4. The lowest BCUT2D eigenvalue weighted by Gasteiger charge is -2.45. The van der Waals surface area contributed by atoms with Gasteiger partial charge < -0.3 is 15.1 Å². The molecule has 0 radical (unpaired) electrons. The first-order valence-corrected chi connectivity index (χ1v) is 9.32. The van der Waals surface area contributed by atoms with Gasteiger partial charge in [-0.15, -0.1) is 0 Å². The number of urea groups is 1. The topological polar surface area (TPSA) is 73.7 Å². The summed E-state index contributed by atoms with van der Waals surface area (Å²) in [5.41, 5.74) is 1.07. The second kappa shape index (κ2) is 7.59. The van der Waals surface area contributed by atoms with Crippen molar-refractivity contribution in [3.05, 3.63) is 48.0 Å². The molecule has 2 fully saturated rings. The molecule has 3 heterocycles. The molecule has 2 aliphatic heterocycles. The summed E-state index contributed by atoms with van der Waals surface area (Å²) in [5.74, 6) is -0.231. The summed E-state index contributed by atoms with van der Waals surface area (Å²) >= 11 is 0. The van der Waals surface area contributed by atoms with E-state index in [4.69, 9.17) is 0 Å². The Kier molecular flexibility index (Phi) is 4.99. The number of hydrogen-bond donors (Lipinski definition) is 1. The summed E-state index contributed by atoms with van der Waals surface area (Å²) in [7, 11) is 1.79. The van der Waals surface area contributed by atoms with Crippen molar-refractivity contribution in [3.63, 3.8) is 0 Å². The fourth-order valence-electron chi connectivity index (χ4n) is 3.67. The highest BCUT2D eigenvalue weighted by Crippen LogP contribution is 2.17. The molecule has 8 nitrogen and oxygen atoms in total. The Morgan fingerprint density at radius 2 is 2.04 bits per heavy atom. The largest absolute Gasteiger partial charge is 0.343 e. The molecule has 2 aromatic rings. The molecule has 0 bridgehead atoms. The Hall–Kier alpha value is -2.94. The monoisotopic (exact) mass is 386 g/mol. The average Bonchev–Trinajstić information content (AvgIpc) is 3.13. The SMILES string of the molecule is CN1CCN2CCN(C(=O)Nc3cnn(Cc4ccccc4F)c3)C[C@@H]2C1=O. The maximum absolute atomic E-state index is 13.8.